The molecule has 1 fully saturated rings. The molecule has 0 radical (unpaired) electrons. The molecule has 0 saturated carbocycles. The number of hydrogen-bond donors (Lipinski definition) is 1. The molecule has 166 valence electrons. The summed E-state index contributed by atoms with van der Waals surface area (Å²) >= 11 is 6.63. The van der Waals surface area contributed by atoms with Gasteiger partial charge in [0, 0.05) is 63.5 Å². The molecular weight excluding hydrogens is 428 g/mol. The number of carbonyl (C=O) groups excluding carboxylic acids is 2. The number of alkyl halides is 1. The van der Waals surface area contributed by atoms with Crippen molar-refractivity contribution in [2.75, 3.05) is 40.3 Å². The van der Waals surface area contributed by atoms with Crippen LogP contribution >= 0.6 is 11.6 Å². The summed E-state index contributed by atoms with van der Waals surface area (Å²) in [7, 11) is 2.77. The first-order valence-corrected chi connectivity index (χ1v) is 10.2. The minimum absolute atomic E-state index is 0.0346. The summed E-state index contributed by atoms with van der Waals surface area (Å²) in [4.78, 5) is 28.2. The van der Waals surface area contributed by atoms with Crippen molar-refractivity contribution in [1.82, 2.24) is 15.1 Å². The van der Waals surface area contributed by atoms with Gasteiger partial charge in [0.1, 0.15) is 5.82 Å². The van der Waals surface area contributed by atoms with Gasteiger partial charge >= 0.3 is 0 Å². The molecule has 2 amide bonds. The number of methoxy groups -OCH3 is 1. The highest BCUT2D eigenvalue weighted by Crippen LogP contribution is 2.48. The molecule has 1 unspecified atom stereocenters. The van der Waals surface area contributed by atoms with E-state index in [1.165, 1.54) is 43.3 Å². The Labute approximate surface area is 184 Å². The first kappa shape index (κ1) is 23.0. The number of halogens is 3. The molecule has 9 heteroatoms. The lowest BCUT2D eigenvalue weighted by molar-refractivity contribution is -0.134. The summed E-state index contributed by atoms with van der Waals surface area (Å²) in [6.45, 7) is 4.72. The molecule has 1 atom stereocenters. The Balaban J connectivity index is 2.00. The number of hydrogen-bond acceptors (Lipinski definition) is 4. The van der Waals surface area contributed by atoms with E-state index in [9.17, 15) is 14.0 Å². The number of nitrogens with one attached hydrogen (secondary N) is 1. The molecular formula is C22H24ClF2N3O3. The van der Waals surface area contributed by atoms with Crippen molar-refractivity contribution in [1.29, 1.82) is 0 Å². The summed E-state index contributed by atoms with van der Waals surface area (Å²) in [5, 5.41) is 0.960. The van der Waals surface area contributed by atoms with Crippen molar-refractivity contribution in [2.45, 2.75) is 11.5 Å². The molecule has 1 aliphatic heterocycles. The van der Waals surface area contributed by atoms with E-state index in [0.717, 1.165) is 0 Å². The largest absolute Gasteiger partial charge is 0.385 e. The van der Waals surface area contributed by atoms with Crippen LogP contribution in [0.15, 0.2) is 54.0 Å². The third-order valence-corrected chi connectivity index (χ3v) is 6.02. The fourth-order valence-electron chi connectivity index (χ4n) is 3.88. The molecule has 2 aliphatic rings. The molecule has 6 nitrogen and oxygen atoms in total. The summed E-state index contributed by atoms with van der Waals surface area (Å²) in [5.41, 5.74) is -0.161. The lowest BCUT2D eigenvalue weighted by Crippen LogP contribution is -2.51. The molecule has 0 bridgehead atoms. The highest BCUT2D eigenvalue weighted by atomic mass is 35.5. The Morgan fingerprint density at radius 1 is 1.19 bits per heavy atom. The van der Waals surface area contributed by atoms with Crippen molar-refractivity contribution in [3.63, 3.8) is 0 Å². The lowest BCUT2D eigenvalue weighted by atomic mass is 9.86. The van der Waals surface area contributed by atoms with Crippen LogP contribution in [-0.2, 0) is 14.3 Å². The molecule has 3 rings (SSSR count). The average molecular weight is 452 g/mol. The number of nitrogens with zero attached hydrogens (tertiary/aromatic N) is 2. The third-order valence-electron chi connectivity index (χ3n) is 5.55. The van der Waals surface area contributed by atoms with Gasteiger partial charge in [0.25, 0.3) is 5.91 Å². The molecule has 1 aliphatic carbocycles. The predicted octanol–water partition coefficient (Wildman–Crippen LogP) is 2.82. The highest BCUT2D eigenvalue weighted by molar-refractivity contribution is 6.30. The molecule has 0 aromatic heterocycles. The number of likely N-dealkylation sites (N-methyl/N-ethyl adjacent to an activating group) is 1. The third kappa shape index (κ3) is 4.22. The van der Waals surface area contributed by atoms with Gasteiger partial charge in [-0.25, -0.2) is 8.78 Å². The van der Waals surface area contributed by atoms with Gasteiger partial charge in [0.2, 0.25) is 5.91 Å². The van der Waals surface area contributed by atoms with Crippen LogP contribution in [0.5, 0.6) is 0 Å². The summed E-state index contributed by atoms with van der Waals surface area (Å²) in [6, 6.07) is 5.68. The number of carbonyl (C=O) groups is 2. The number of benzene rings is 1. The molecule has 1 aromatic carbocycles. The van der Waals surface area contributed by atoms with Crippen LogP contribution < -0.4 is 5.32 Å². The summed E-state index contributed by atoms with van der Waals surface area (Å²) in [6.07, 6.45) is 1.06. The smallest absolute Gasteiger partial charge is 0.252 e. The van der Waals surface area contributed by atoms with Gasteiger partial charge in [0.05, 0.1) is 5.70 Å². The van der Waals surface area contributed by atoms with Crippen molar-refractivity contribution in [2.24, 2.45) is 0 Å². The fourth-order valence-corrected chi connectivity index (χ4v) is 4.19. The van der Waals surface area contributed by atoms with E-state index >= 15 is 4.39 Å². The quantitative estimate of drug-likeness (QED) is 0.552. The SMILES string of the molecule is C=CC(=O)N1CCN(C(=O)C2=C(NC)C(F)=C(c3ccccc3F)C(Cl)(OC)C2)CC1. The van der Waals surface area contributed by atoms with Gasteiger partial charge in [-0.1, -0.05) is 36.4 Å². The second-order valence-electron chi connectivity index (χ2n) is 7.20. The molecule has 1 heterocycles. The number of ether oxygens (including phenoxy) is 1. The van der Waals surface area contributed by atoms with Crippen LogP contribution in [0.2, 0.25) is 0 Å². The number of piperazine rings is 1. The van der Waals surface area contributed by atoms with Gasteiger partial charge in [0.15, 0.2) is 10.9 Å². The predicted molar refractivity (Wildman–Crippen MR) is 114 cm³/mol. The zero-order valence-corrected chi connectivity index (χ0v) is 18.1. The minimum atomic E-state index is -1.77. The van der Waals surface area contributed by atoms with E-state index in [1.807, 2.05) is 0 Å². The van der Waals surface area contributed by atoms with E-state index in [0.29, 0.717) is 13.1 Å². The van der Waals surface area contributed by atoms with Gasteiger partial charge in [-0.15, -0.1) is 0 Å². The molecule has 0 spiro atoms. The summed E-state index contributed by atoms with van der Waals surface area (Å²) in [5.74, 6) is -2.12. The normalized spacial score (nSPS) is 22.0. The Kier molecular flexibility index (Phi) is 6.81. The van der Waals surface area contributed by atoms with Gasteiger partial charge in [-0.2, -0.15) is 0 Å². The van der Waals surface area contributed by atoms with Crippen LogP contribution in [0, 0.1) is 5.82 Å². The monoisotopic (exact) mass is 451 g/mol. The second-order valence-corrected chi connectivity index (χ2v) is 7.81. The lowest BCUT2D eigenvalue weighted by Gasteiger charge is -2.38. The molecule has 1 N–H and O–H groups in total. The minimum Gasteiger partial charge on any atom is -0.385 e. The second kappa shape index (κ2) is 9.20. The van der Waals surface area contributed by atoms with E-state index in [4.69, 9.17) is 16.3 Å². The van der Waals surface area contributed by atoms with Crippen molar-refractivity contribution >= 4 is 29.0 Å². The van der Waals surface area contributed by atoms with Crippen LogP contribution in [0.25, 0.3) is 5.57 Å². The average Bonchev–Trinajstić information content (AvgIpc) is 2.79. The van der Waals surface area contributed by atoms with Crippen LogP contribution in [0.4, 0.5) is 8.78 Å². The van der Waals surface area contributed by atoms with E-state index in [1.54, 1.807) is 11.0 Å². The first-order valence-electron chi connectivity index (χ1n) is 9.78. The maximum absolute atomic E-state index is 15.6. The summed E-state index contributed by atoms with van der Waals surface area (Å²) < 4.78 is 35.5. The van der Waals surface area contributed by atoms with Gasteiger partial charge < -0.3 is 19.9 Å². The number of allylic oxidation sites excluding steroid dienone is 1. The van der Waals surface area contributed by atoms with Gasteiger partial charge in [-0.05, 0) is 12.1 Å². The maximum Gasteiger partial charge on any atom is 0.252 e. The van der Waals surface area contributed by atoms with E-state index in [2.05, 4.69) is 11.9 Å². The molecule has 1 saturated heterocycles. The molecule has 1 aromatic rings. The van der Waals surface area contributed by atoms with E-state index in [-0.39, 0.29) is 47.8 Å². The Morgan fingerprint density at radius 3 is 2.35 bits per heavy atom. The first-order chi connectivity index (χ1) is 14.8. The number of rotatable bonds is 5. The standard InChI is InChI=1S/C22H24ClF2N3O3/c1-4-17(29)27-9-11-28(12-10-27)21(30)15-13-22(23,31-3)18(19(25)20(15)26-2)14-7-5-6-8-16(14)24/h4-8,26H,1,9-13H2,2-3H3. The Morgan fingerprint density at radius 2 is 1.81 bits per heavy atom. The molecule has 31 heavy (non-hydrogen) atoms. The van der Waals surface area contributed by atoms with Crippen molar-refractivity contribution < 1.29 is 23.1 Å². The fraction of sp³-hybridized carbons (Fsp3) is 0.364. The van der Waals surface area contributed by atoms with Crippen LogP contribution in [-0.4, -0.2) is 67.0 Å². The van der Waals surface area contributed by atoms with E-state index < -0.39 is 22.6 Å². The topological polar surface area (TPSA) is 61.9 Å². The Hall–Kier alpha value is -2.71. The van der Waals surface area contributed by atoms with Gasteiger partial charge in [-0.3, -0.25) is 9.59 Å². The zero-order valence-electron chi connectivity index (χ0n) is 17.4. The van der Waals surface area contributed by atoms with Crippen molar-refractivity contribution in [3.05, 3.63) is 65.4 Å². The highest BCUT2D eigenvalue weighted by Gasteiger charge is 2.45. The van der Waals surface area contributed by atoms with Crippen LogP contribution in [0.1, 0.15) is 12.0 Å². The Bertz CT molecular complexity index is 971. The van der Waals surface area contributed by atoms with Crippen molar-refractivity contribution in [3.8, 4) is 0 Å². The number of amides is 2. The zero-order chi connectivity index (χ0) is 22.8. The maximum atomic E-state index is 15.6. The van der Waals surface area contributed by atoms with Crippen LogP contribution in [0.3, 0.4) is 0 Å².